The molecule has 1 saturated heterocycles. The van der Waals surface area contributed by atoms with Crippen LogP contribution in [0, 0.1) is 0 Å². The van der Waals surface area contributed by atoms with Crippen LogP contribution >= 0.6 is 0 Å². The van der Waals surface area contributed by atoms with Gasteiger partial charge in [0.05, 0.1) is 19.3 Å². The second kappa shape index (κ2) is 5.72. The van der Waals surface area contributed by atoms with Crippen molar-refractivity contribution in [1.29, 1.82) is 0 Å². The van der Waals surface area contributed by atoms with Crippen LogP contribution in [0.4, 0.5) is 0 Å². The molecule has 0 aromatic heterocycles. The van der Waals surface area contributed by atoms with Crippen LogP contribution in [0.3, 0.4) is 0 Å². The van der Waals surface area contributed by atoms with E-state index in [1.54, 1.807) is 0 Å². The molecule has 0 radical (unpaired) electrons. The first-order valence-electron chi connectivity index (χ1n) is 7.42. The molecule has 4 nitrogen and oxygen atoms in total. The minimum Gasteiger partial charge on any atom is -0.488 e. The zero-order valence-corrected chi connectivity index (χ0v) is 11.9. The van der Waals surface area contributed by atoms with Gasteiger partial charge in [-0.25, -0.2) is 0 Å². The number of ether oxygens (including phenoxy) is 3. The first kappa shape index (κ1) is 13.9. The lowest BCUT2D eigenvalue weighted by Gasteiger charge is -2.38. The highest BCUT2D eigenvalue weighted by Gasteiger charge is 2.45. The van der Waals surface area contributed by atoms with Crippen molar-refractivity contribution < 1.29 is 19.3 Å². The third-order valence-corrected chi connectivity index (χ3v) is 4.19. The molecule has 1 spiro atoms. The molecule has 1 saturated carbocycles. The zero-order valence-electron chi connectivity index (χ0n) is 11.9. The third-order valence-electron chi connectivity index (χ3n) is 4.19. The van der Waals surface area contributed by atoms with Crippen molar-refractivity contribution in [2.45, 2.75) is 50.6 Å². The van der Waals surface area contributed by atoms with Crippen LogP contribution in [-0.2, 0) is 15.9 Å². The fourth-order valence-corrected chi connectivity index (χ4v) is 2.96. The summed E-state index contributed by atoms with van der Waals surface area (Å²) in [5.74, 6) is 0.258. The van der Waals surface area contributed by atoms with Gasteiger partial charge in [-0.1, -0.05) is 19.1 Å². The molecule has 20 heavy (non-hydrogen) atoms. The number of hydrogen-bond acceptors (Lipinski definition) is 4. The molecule has 2 fully saturated rings. The van der Waals surface area contributed by atoms with E-state index in [4.69, 9.17) is 14.2 Å². The van der Waals surface area contributed by atoms with E-state index in [1.165, 1.54) is 5.56 Å². The van der Waals surface area contributed by atoms with Gasteiger partial charge < -0.3 is 19.3 Å². The lowest BCUT2D eigenvalue weighted by molar-refractivity contribution is -0.209. The number of aliphatic hydroxyl groups is 1. The number of aryl methyl sites for hydroxylation is 1. The topological polar surface area (TPSA) is 47.9 Å². The molecule has 0 bridgehead atoms. The van der Waals surface area contributed by atoms with Crippen molar-refractivity contribution >= 4 is 0 Å². The second-order valence-corrected chi connectivity index (χ2v) is 5.57. The van der Waals surface area contributed by atoms with E-state index in [-0.39, 0.29) is 6.10 Å². The largest absolute Gasteiger partial charge is 0.488 e. The minimum absolute atomic E-state index is 0.269. The molecule has 1 heterocycles. The smallest absolute Gasteiger partial charge is 0.172 e. The summed E-state index contributed by atoms with van der Waals surface area (Å²) in [5.41, 5.74) is 1.28. The summed E-state index contributed by atoms with van der Waals surface area (Å²) in [6.07, 6.45) is 2.26. The molecule has 1 aromatic rings. The molecule has 1 aromatic carbocycles. The van der Waals surface area contributed by atoms with Gasteiger partial charge in [-0.2, -0.15) is 0 Å². The summed E-state index contributed by atoms with van der Waals surface area (Å²) < 4.78 is 17.4. The Morgan fingerprint density at radius 2 is 1.95 bits per heavy atom. The van der Waals surface area contributed by atoms with Crippen LogP contribution in [0.15, 0.2) is 24.3 Å². The number of benzene rings is 1. The SMILES string of the molecule is CCc1ccc(OC2CC3(CCC2O)OCCO3)cc1. The van der Waals surface area contributed by atoms with Crippen molar-refractivity contribution in [1.82, 2.24) is 0 Å². The fourth-order valence-electron chi connectivity index (χ4n) is 2.96. The average molecular weight is 278 g/mol. The van der Waals surface area contributed by atoms with Crippen molar-refractivity contribution in [3.63, 3.8) is 0 Å². The molecule has 1 aliphatic carbocycles. The summed E-state index contributed by atoms with van der Waals surface area (Å²) in [7, 11) is 0. The number of hydrogen-bond donors (Lipinski definition) is 1. The van der Waals surface area contributed by atoms with E-state index in [0.717, 1.165) is 18.6 Å². The van der Waals surface area contributed by atoms with Crippen molar-refractivity contribution in [2.75, 3.05) is 13.2 Å². The molecule has 0 amide bonds. The molecule has 2 aliphatic rings. The Bertz CT molecular complexity index is 436. The number of aliphatic hydroxyl groups excluding tert-OH is 1. The predicted octanol–water partition coefficient (Wildman–Crippen LogP) is 2.28. The fraction of sp³-hybridized carbons (Fsp3) is 0.625. The Morgan fingerprint density at radius 3 is 2.60 bits per heavy atom. The standard InChI is InChI=1S/C16H22O4/c1-2-12-3-5-13(6-4-12)20-15-11-16(8-7-14(15)17)18-9-10-19-16/h3-6,14-15,17H,2,7-11H2,1H3. The maximum atomic E-state index is 10.1. The van der Waals surface area contributed by atoms with Crippen LogP contribution in [-0.4, -0.2) is 36.3 Å². The van der Waals surface area contributed by atoms with Crippen molar-refractivity contribution in [2.24, 2.45) is 0 Å². The summed E-state index contributed by atoms with van der Waals surface area (Å²) in [4.78, 5) is 0. The van der Waals surface area contributed by atoms with Crippen LogP contribution in [0.5, 0.6) is 5.75 Å². The highest BCUT2D eigenvalue weighted by atomic mass is 16.7. The van der Waals surface area contributed by atoms with Crippen LogP contribution in [0.2, 0.25) is 0 Å². The quantitative estimate of drug-likeness (QED) is 0.921. The molecule has 1 N–H and O–H groups in total. The van der Waals surface area contributed by atoms with E-state index in [1.807, 2.05) is 12.1 Å². The Hall–Kier alpha value is -1.10. The van der Waals surface area contributed by atoms with Crippen molar-refractivity contribution in [3.05, 3.63) is 29.8 Å². The first-order valence-corrected chi connectivity index (χ1v) is 7.42. The maximum Gasteiger partial charge on any atom is 0.172 e. The molecule has 1 aliphatic heterocycles. The van der Waals surface area contributed by atoms with E-state index in [0.29, 0.717) is 26.1 Å². The van der Waals surface area contributed by atoms with E-state index in [9.17, 15) is 5.11 Å². The van der Waals surface area contributed by atoms with Gasteiger partial charge in [0.2, 0.25) is 0 Å². The van der Waals surface area contributed by atoms with Crippen molar-refractivity contribution in [3.8, 4) is 5.75 Å². The summed E-state index contributed by atoms with van der Waals surface area (Å²) in [5, 5.41) is 10.1. The second-order valence-electron chi connectivity index (χ2n) is 5.57. The van der Waals surface area contributed by atoms with Crippen LogP contribution < -0.4 is 4.74 Å². The summed E-state index contributed by atoms with van der Waals surface area (Å²) >= 11 is 0. The first-order chi connectivity index (χ1) is 9.71. The van der Waals surface area contributed by atoms with Crippen LogP contribution in [0.1, 0.15) is 31.7 Å². The van der Waals surface area contributed by atoms with Crippen LogP contribution in [0.25, 0.3) is 0 Å². The molecule has 2 unspecified atom stereocenters. The minimum atomic E-state index is -0.534. The zero-order chi connectivity index (χ0) is 14.0. The van der Waals surface area contributed by atoms with E-state index >= 15 is 0 Å². The van der Waals surface area contributed by atoms with Gasteiger partial charge in [0.1, 0.15) is 11.9 Å². The number of rotatable bonds is 3. The highest BCUT2D eigenvalue weighted by Crippen LogP contribution is 2.37. The van der Waals surface area contributed by atoms with Gasteiger partial charge in [0, 0.05) is 12.8 Å². The molecule has 110 valence electrons. The van der Waals surface area contributed by atoms with Gasteiger partial charge in [0.25, 0.3) is 0 Å². The Balaban J connectivity index is 1.67. The highest BCUT2D eigenvalue weighted by molar-refractivity contribution is 5.27. The van der Waals surface area contributed by atoms with Gasteiger partial charge in [-0.05, 0) is 30.5 Å². The van der Waals surface area contributed by atoms with Gasteiger partial charge >= 0.3 is 0 Å². The molecule has 2 atom stereocenters. The Labute approximate surface area is 119 Å². The lowest BCUT2D eigenvalue weighted by Crippen LogP contribution is -2.47. The van der Waals surface area contributed by atoms with E-state index < -0.39 is 11.9 Å². The molecule has 3 rings (SSSR count). The Morgan fingerprint density at radius 1 is 1.25 bits per heavy atom. The predicted molar refractivity (Wildman–Crippen MR) is 74.7 cm³/mol. The molecule has 4 heteroatoms. The van der Waals surface area contributed by atoms with Gasteiger partial charge in [-0.3, -0.25) is 0 Å². The van der Waals surface area contributed by atoms with Gasteiger partial charge in [0.15, 0.2) is 5.79 Å². The van der Waals surface area contributed by atoms with Gasteiger partial charge in [-0.15, -0.1) is 0 Å². The normalized spacial score (nSPS) is 28.7. The third kappa shape index (κ3) is 2.82. The summed E-state index contributed by atoms with van der Waals surface area (Å²) in [6, 6.07) is 8.04. The average Bonchev–Trinajstić information content (AvgIpc) is 2.92. The monoisotopic (exact) mass is 278 g/mol. The maximum absolute atomic E-state index is 10.1. The molecular weight excluding hydrogens is 256 g/mol. The Kier molecular flexibility index (Phi) is 3.96. The lowest BCUT2D eigenvalue weighted by atomic mass is 9.89. The summed E-state index contributed by atoms with van der Waals surface area (Å²) in [6.45, 7) is 3.39. The molecular formula is C16H22O4. The van der Waals surface area contributed by atoms with E-state index in [2.05, 4.69) is 19.1 Å².